The van der Waals surface area contributed by atoms with E-state index in [2.05, 4.69) is 9.97 Å². The molecule has 1 unspecified atom stereocenters. The number of methoxy groups -OCH3 is 1. The van der Waals surface area contributed by atoms with Gasteiger partial charge in [-0.2, -0.15) is 0 Å². The number of fused-ring (bicyclic) bond motifs is 1. The SMILES string of the molecule is COc1ccc(Cn2c(=S)[nH]c(=O)c3[nH]c(CC(C)OCc4ccc(F)cc4)nc32)cc1OC1CCCC1. The number of hydrogen-bond acceptors (Lipinski definition) is 6. The van der Waals surface area contributed by atoms with Gasteiger partial charge < -0.3 is 19.2 Å². The highest BCUT2D eigenvalue weighted by atomic mass is 32.1. The largest absolute Gasteiger partial charge is 0.493 e. The topological polar surface area (TPSA) is 94.2 Å². The first kappa shape index (κ1) is 26.1. The van der Waals surface area contributed by atoms with Gasteiger partial charge in [-0.15, -0.1) is 0 Å². The Bertz CT molecular complexity index is 1520. The monoisotopic (exact) mass is 538 g/mol. The zero-order valence-electron chi connectivity index (χ0n) is 21.5. The zero-order valence-corrected chi connectivity index (χ0v) is 22.3. The molecular weight excluding hydrogens is 507 g/mol. The normalized spacial score (nSPS) is 14.7. The molecule has 1 aliphatic rings. The number of aromatic amines is 2. The van der Waals surface area contributed by atoms with Crippen molar-refractivity contribution in [1.29, 1.82) is 0 Å². The summed E-state index contributed by atoms with van der Waals surface area (Å²) in [5.41, 5.74) is 2.34. The van der Waals surface area contributed by atoms with Gasteiger partial charge in [-0.1, -0.05) is 18.2 Å². The van der Waals surface area contributed by atoms with E-state index < -0.39 is 0 Å². The first-order valence-electron chi connectivity index (χ1n) is 12.8. The molecule has 1 atom stereocenters. The van der Waals surface area contributed by atoms with Crippen LogP contribution >= 0.6 is 12.2 Å². The van der Waals surface area contributed by atoms with Crippen molar-refractivity contribution in [1.82, 2.24) is 19.5 Å². The van der Waals surface area contributed by atoms with E-state index in [1.54, 1.807) is 23.8 Å². The van der Waals surface area contributed by atoms with E-state index in [0.29, 0.717) is 48.1 Å². The van der Waals surface area contributed by atoms with Crippen LogP contribution in [0.1, 0.15) is 49.6 Å². The third-order valence-corrected chi connectivity index (χ3v) is 7.10. The first-order chi connectivity index (χ1) is 18.4. The van der Waals surface area contributed by atoms with Crippen LogP contribution in [0.3, 0.4) is 0 Å². The van der Waals surface area contributed by atoms with Gasteiger partial charge in [0.2, 0.25) is 0 Å². The Balaban J connectivity index is 1.36. The van der Waals surface area contributed by atoms with Crippen molar-refractivity contribution in [3.8, 4) is 11.5 Å². The first-order valence-corrected chi connectivity index (χ1v) is 13.2. The maximum atomic E-state index is 13.1. The summed E-state index contributed by atoms with van der Waals surface area (Å²) in [7, 11) is 1.63. The number of nitrogens with one attached hydrogen (secondary N) is 2. The van der Waals surface area contributed by atoms with E-state index in [1.165, 1.54) is 25.0 Å². The molecule has 1 fully saturated rings. The molecule has 5 rings (SSSR count). The number of rotatable bonds is 10. The molecule has 2 aromatic carbocycles. The van der Waals surface area contributed by atoms with E-state index in [0.717, 1.165) is 24.0 Å². The van der Waals surface area contributed by atoms with Crippen LogP contribution in [0, 0.1) is 10.6 Å². The van der Waals surface area contributed by atoms with Crippen molar-refractivity contribution >= 4 is 23.4 Å². The molecule has 4 aromatic rings. The molecule has 0 aliphatic heterocycles. The summed E-state index contributed by atoms with van der Waals surface area (Å²) in [6.45, 7) is 2.68. The van der Waals surface area contributed by atoms with Crippen LogP contribution in [0.15, 0.2) is 47.3 Å². The maximum Gasteiger partial charge on any atom is 0.277 e. The lowest BCUT2D eigenvalue weighted by Crippen LogP contribution is -2.15. The molecule has 38 heavy (non-hydrogen) atoms. The summed E-state index contributed by atoms with van der Waals surface area (Å²) in [6.07, 6.45) is 4.91. The third-order valence-electron chi connectivity index (χ3n) is 6.78. The predicted octanol–water partition coefficient (Wildman–Crippen LogP) is 5.45. The smallest absolute Gasteiger partial charge is 0.277 e. The second-order valence-electron chi connectivity index (χ2n) is 9.69. The Hall–Kier alpha value is -3.50. The van der Waals surface area contributed by atoms with Crippen molar-refractivity contribution in [2.75, 3.05) is 7.11 Å². The molecule has 8 nitrogen and oxygen atoms in total. The van der Waals surface area contributed by atoms with Crippen molar-refractivity contribution in [2.45, 2.75) is 64.4 Å². The van der Waals surface area contributed by atoms with Gasteiger partial charge in [-0.3, -0.25) is 14.3 Å². The highest BCUT2D eigenvalue weighted by Crippen LogP contribution is 2.33. The highest BCUT2D eigenvalue weighted by molar-refractivity contribution is 7.71. The Kier molecular flexibility index (Phi) is 7.90. The molecule has 10 heteroatoms. The molecule has 2 heterocycles. The third kappa shape index (κ3) is 5.97. The minimum atomic E-state index is -0.320. The summed E-state index contributed by atoms with van der Waals surface area (Å²) < 4.78 is 32.9. The average Bonchev–Trinajstić information content (AvgIpc) is 3.57. The van der Waals surface area contributed by atoms with Crippen molar-refractivity contribution in [3.05, 3.63) is 80.4 Å². The Labute approximate surface area is 224 Å². The van der Waals surface area contributed by atoms with Gasteiger partial charge >= 0.3 is 0 Å². The molecule has 0 radical (unpaired) electrons. The van der Waals surface area contributed by atoms with Crippen LogP contribution in [0.25, 0.3) is 11.2 Å². The molecule has 2 N–H and O–H groups in total. The van der Waals surface area contributed by atoms with Crippen LogP contribution in [0.4, 0.5) is 4.39 Å². The van der Waals surface area contributed by atoms with Gasteiger partial charge in [0.25, 0.3) is 5.56 Å². The number of ether oxygens (including phenoxy) is 3. The van der Waals surface area contributed by atoms with E-state index in [-0.39, 0.29) is 28.4 Å². The van der Waals surface area contributed by atoms with E-state index in [9.17, 15) is 9.18 Å². The fraction of sp³-hybridized carbons (Fsp3) is 0.393. The molecule has 1 aliphatic carbocycles. The van der Waals surface area contributed by atoms with Crippen molar-refractivity contribution in [2.24, 2.45) is 0 Å². The summed E-state index contributed by atoms with van der Waals surface area (Å²) >= 11 is 5.51. The number of halogens is 1. The summed E-state index contributed by atoms with van der Waals surface area (Å²) in [5, 5.41) is 0. The lowest BCUT2D eigenvalue weighted by Gasteiger charge is -2.17. The number of nitrogens with zero attached hydrogens (tertiary/aromatic N) is 2. The van der Waals surface area contributed by atoms with Gasteiger partial charge in [0.1, 0.15) is 17.2 Å². The van der Waals surface area contributed by atoms with Gasteiger partial charge in [0.15, 0.2) is 21.9 Å². The van der Waals surface area contributed by atoms with E-state index in [1.807, 2.05) is 25.1 Å². The second-order valence-corrected chi connectivity index (χ2v) is 10.1. The van der Waals surface area contributed by atoms with Crippen molar-refractivity contribution < 1.29 is 18.6 Å². The van der Waals surface area contributed by atoms with Crippen LogP contribution in [-0.4, -0.2) is 38.8 Å². The lowest BCUT2D eigenvalue weighted by atomic mass is 10.2. The van der Waals surface area contributed by atoms with Crippen molar-refractivity contribution in [3.63, 3.8) is 0 Å². The molecule has 0 amide bonds. The molecule has 1 saturated carbocycles. The molecular formula is C28H31FN4O4S. The second kappa shape index (κ2) is 11.5. The number of imidazole rings is 1. The van der Waals surface area contributed by atoms with Gasteiger partial charge in [0, 0.05) is 6.42 Å². The van der Waals surface area contributed by atoms with Crippen LogP contribution in [0.5, 0.6) is 11.5 Å². The molecule has 2 aromatic heterocycles. The Morgan fingerprint density at radius 1 is 1.11 bits per heavy atom. The predicted molar refractivity (Wildman–Crippen MR) is 145 cm³/mol. The fourth-order valence-corrected chi connectivity index (χ4v) is 5.01. The highest BCUT2D eigenvalue weighted by Gasteiger charge is 2.19. The van der Waals surface area contributed by atoms with Crippen LogP contribution < -0.4 is 15.0 Å². The number of aromatic nitrogens is 4. The van der Waals surface area contributed by atoms with Gasteiger partial charge in [0.05, 0.1) is 32.5 Å². The standard InChI is InChI=1S/C28H31FN4O4S/c1-17(36-16-18-7-10-20(29)11-8-18)13-24-30-25-26(31-24)33(28(38)32-27(25)34)15-19-9-12-22(35-2)23(14-19)37-21-5-3-4-6-21/h7-12,14,17,21H,3-6,13,15-16H2,1-2H3,(H,30,31)(H,32,34,38). The van der Waals surface area contributed by atoms with Crippen LogP contribution in [0.2, 0.25) is 0 Å². The fourth-order valence-electron chi connectivity index (χ4n) is 4.76. The van der Waals surface area contributed by atoms with E-state index >= 15 is 0 Å². The maximum absolute atomic E-state index is 13.1. The summed E-state index contributed by atoms with van der Waals surface area (Å²) in [6, 6.07) is 12.0. The Morgan fingerprint density at radius 2 is 1.84 bits per heavy atom. The number of H-pyrrole nitrogens is 2. The van der Waals surface area contributed by atoms with E-state index in [4.69, 9.17) is 31.4 Å². The molecule has 0 spiro atoms. The van der Waals surface area contributed by atoms with Crippen LogP contribution in [-0.2, 0) is 24.3 Å². The Morgan fingerprint density at radius 3 is 2.58 bits per heavy atom. The number of hydrogen-bond donors (Lipinski definition) is 2. The lowest BCUT2D eigenvalue weighted by molar-refractivity contribution is 0.0524. The summed E-state index contributed by atoms with van der Waals surface area (Å²) in [4.78, 5) is 23.3. The molecule has 0 bridgehead atoms. The van der Waals surface area contributed by atoms with Gasteiger partial charge in [-0.05, 0) is 80.2 Å². The minimum absolute atomic E-state index is 0.187. The van der Waals surface area contributed by atoms with Gasteiger partial charge in [-0.25, -0.2) is 9.37 Å². The molecule has 200 valence electrons. The molecule has 0 saturated heterocycles. The number of benzene rings is 2. The quantitative estimate of drug-likeness (QED) is 0.261. The summed E-state index contributed by atoms with van der Waals surface area (Å²) in [5.74, 6) is 1.73. The minimum Gasteiger partial charge on any atom is -0.493 e. The average molecular weight is 539 g/mol. The zero-order chi connectivity index (χ0) is 26.6.